The van der Waals surface area contributed by atoms with Crippen molar-refractivity contribution in [3.63, 3.8) is 0 Å². The number of nitrogens with zero attached hydrogens (tertiary/aromatic N) is 4. The highest BCUT2D eigenvalue weighted by Gasteiger charge is 2.39. The fraction of sp³-hybridized carbons (Fsp3) is 0.737. The number of aliphatic hydroxyl groups is 1. The highest BCUT2D eigenvalue weighted by Crippen LogP contribution is 2.35. The first-order valence-corrected chi connectivity index (χ1v) is 9.81. The minimum Gasteiger partial charge on any atom is -0.393 e. The Morgan fingerprint density at radius 1 is 1.04 bits per heavy atom. The number of anilines is 1. The van der Waals surface area contributed by atoms with Crippen molar-refractivity contribution >= 4 is 11.9 Å². The van der Waals surface area contributed by atoms with Crippen LogP contribution >= 0.6 is 0 Å². The van der Waals surface area contributed by atoms with E-state index in [-0.39, 0.29) is 24.0 Å². The van der Waals surface area contributed by atoms with Crippen LogP contribution in [0.3, 0.4) is 0 Å². The predicted molar refractivity (Wildman–Crippen MR) is 95.5 cm³/mol. The van der Waals surface area contributed by atoms with Crippen LogP contribution in [0.25, 0.3) is 0 Å². The Morgan fingerprint density at radius 3 is 2.64 bits per heavy atom. The van der Waals surface area contributed by atoms with E-state index >= 15 is 0 Å². The lowest BCUT2D eigenvalue weighted by Gasteiger charge is -2.37. The van der Waals surface area contributed by atoms with Crippen molar-refractivity contribution in [2.24, 2.45) is 5.92 Å². The molecule has 3 atom stereocenters. The van der Waals surface area contributed by atoms with Crippen LogP contribution < -0.4 is 4.90 Å². The van der Waals surface area contributed by atoms with Gasteiger partial charge >= 0.3 is 0 Å². The van der Waals surface area contributed by atoms with E-state index in [0.717, 1.165) is 71.0 Å². The topological polar surface area (TPSA) is 69.6 Å². The van der Waals surface area contributed by atoms with Gasteiger partial charge in [-0.2, -0.15) is 0 Å². The van der Waals surface area contributed by atoms with Gasteiger partial charge in [0.05, 0.1) is 6.10 Å². The highest BCUT2D eigenvalue weighted by molar-refractivity contribution is 5.93. The third-order valence-electron chi connectivity index (χ3n) is 6.09. The Balaban J connectivity index is 1.52. The fourth-order valence-corrected chi connectivity index (χ4v) is 4.76. The van der Waals surface area contributed by atoms with E-state index in [1.165, 1.54) is 0 Å². The zero-order chi connectivity index (χ0) is 17.2. The summed E-state index contributed by atoms with van der Waals surface area (Å²) in [4.78, 5) is 26.1. The lowest BCUT2D eigenvalue weighted by Crippen LogP contribution is -2.45. The summed E-state index contributed by atoms with van der Waals surface area (Å²) in [5, 5.41) is 10.4. The summed E-state index contributed by atoms with van der Waals surface area (Å²) >= 11 is 0. The van der Waals surface area contributed by atoms with Gasteiger partial charge in [0.15, 0.2) is 0 Å². The van der Waals surface area contributed by atoms with Crippen molar-refractivity contribution in [1.82, 2.24) is 14.9 Å². The molecule has 1 aliphatic carbocycles. The van der Waals surface area contributed by atoms with E-state index < -0.39 is 0 Å². The van der Waals surface area contributed by atoms with Crippen LogP contribution in [0.15, 0.2) is 12.3 Å². The summed E-state index contributed by atoms with van der Waals surface area (Å²) in [5.74, 6) is 0.903. The quantitative estimate of drug-likeness (QED) is 0.911. The number of carbonyl (C=O) groups is 1. The molecule has 6 nitrogen and oxygen atoms in total. The number of aliphatic hydroxyl groups excluding tert-OH is 1. The molecule has 1 N–H and O–H groups in total. The number of hydrogen-bond donors (Lipinski definition) is 1. The summed E-state index contributed by atoms with van der Waals surface area (Å²) in [7, 11) is 0. The molecular weight excluding hydrogens is 316 g/mol. The van der Waals surface area contributed by atoms with Gasteiger partial charge in [-0.3, -0.25) is 4.79 Å². The van der Waals surface area contributed by atoms with Gasteiger partial charge in [-0.25, -0.2) is 9.97 Å². The van der Waals surface area contributed by atoms with Gasteiger partial charge in [0, 0.05) is 37.8 Å². The maximum Gasteiger partial charge on any atom is 0.272 e. The lowest BCUT2D eigenvalue weighted by atomic mass is 9.80. The predicted octanol–water partition coefficient (Wildman–Crippen LogP) is 2.23. The molecule has 4 rings (SSSR count). The van der Waals surface area contributed by atoms with E-state index in [0.29, 0.717) is 11.6 Å². The molecular formula is C19H28N4O2. The Morgan fingerprint density at radius 2 is 1.84 bits per heavy atom. The second-order valence-electron chi connectivity index (χ2n) is 7.66. The molecule has 0 spiro atoms. The third kappa shape index (κ3) is 3.36. The minimum atomic E-state index is -0.266. The third-order valence-corrected chi connectivity index (χ3v) is 6.09. The van der Waals surface area contributed by atoms with Crippen LogP contribution in [0.4, 0.5) is 5.95 Å². The molecule has 0 unspecified atom stereocenters. The van der Waals surface area contributed by atoms with Crippen molar-refractivity contribution in [2.45, 2.75) is 63.5 Å². The molecule has 1 saturated carbocycles. The van der Waals surface area contributed by atoms with Gasteiger partial charge in [-0.05, 0) is 44.6 Å². The van der Waals surface area contributed by atoms with Crippen LogP contribution in [-0.2, 0) is 0 Å². The molecule has 25 heavy (non-hydrogen) atoms. The molecule has 0 radical (unpaired) electrons. The van der Waals surface area contributed by atoms with E-state index in [9.17, 15) is 9.90 Å². The monoisotopic (exact) mass is 344 g/mol. The first-order valence-electron chi connectivity index (χ1n) is 9.81. The average molecular weight is 344 g/mol. The molecule has 0 aromatic carbocycles. The number of carbonyl (C=O) groups excluding carboxylic acids is 1. The van der Waals surface area contributed by atoms with Crippen molar-refractivity contribution in [2.75, 3.05) is 24.5 Å². The number of likely N-dealkylation sites (tertiary alicyclic amines) is 1. The van der Waals surface area contributed by atoms with Crippen LogP contribution in [0, 0.1) is 5.92 Å². The average Bonchev–Trinajstić information content (AvgIpc) is 3.33. The summed E-state index contributed by atoms with van der Waals surface area (Å²) < 4.78 is 0. The number of rotatable bonds is 3. The number of aromatic nitrogens is 2. The van der Waals surface area contributed by atoms with E-state index in [4.69, 9.17) is 0 Å². The molecule has 6 heteroatoms. The van der Waals surface area contributed by atoms with Gasteiger partial charge in [0.25, 0.3) is 5.91 Å². The number of amides is 1. The van der Waals surface area contributed by atoms with Gasteiger partial charge in [-0.15, -0.1) is 0 Å². The van der Waals surface area contributed by atoms with Crippen LogP contribution in [0.1, 0.15) is 61.9 Å². The van der Waals surface area contributed by atoms with Crippen LogP contribution in [0.2, 0.25) is 0 Å². The highest BCUT2D eigenvalue weighted by atomic mass is 16.3. The van der Waals surface area contributed by atoms with E-state index in [2.05, 4.69) is 14.9 Å². The summed E-state index contributed by atoms with van der Waals surface area (Å²) in [6.45, 7) is 2.71. The molecule has 0 bridgehead atoms. The Hall–Kier alpha value is -1.69. The van der Waals surface area contributed by atoms with Gasteiger partial charge < -0.3 is 14.9 Å². The molecule has 3 aliphatic rings. The zero-order valence-electron chi connectivity index (χ0n) is 14.8. The molecule has 1 aromatic rings. The molecule has 2 aliphatic heterocycles. The fourth-order valence-electron chi connectivity index (χ4n) is 4.76. The van der Waals surface area contributed by atoms with Crippen molar-refractivity contribution in [3.05, 3.63) is 18.0 Å². The van der Waals surface area contributed by atoms with Crippen LogP contribution in [0.5, 0.6) is 0 Å². The zero-order valence-corrected chi connectivity index (χ0v) is 14.8. The maximum atomic E-state index is 13.1. The smallest absolute Gasteiger partial charge is 0.272 e. The largest absolute Gasteiger partial charge is 0.393 e. The van der Waals surface area contributed by atoms with Crippen molar-refractivity contribution in [1.29, 1.82) is 0 Å². The first kappa shape index (κ1) is 16.8. The van der Waals surface area contributed by atoms with E-state index in [1.807, 2.05) is 4.90 Å². The Bertz CT molecular complexity index is 617. The molecule has 3 heterocycles. The molecule has 1 amide bonds. The molecule has 1 aromatic heterocycles. The standard InChI is InChI=1S/C19H28N4O2/c24-17-8-2-1-6-14(17)16-7-5-13-23(16)18(25)15-9-10-20-19(21-15)22-11-3-4-12-22/h9-10,14,16-17,24H,1-8,11-13H2/t14-,16-,17-/m1/s1. The summed E-state index contributed by atoms with van der Waals surface area (Å²) in [6.07, 6.45) is 9.93. The van der Waals surface area contributed by atoms with Crippen molar-refractivity contribution < 1.29 is 9.90 Å². The summed E-state index contributed by atoms with van der Waals surface area (Å²) in [5.41, 5.74) is 0.495. The Labute approximate surface area is 149 Å². The normalized spacial score (nSPS) is 30.0. The van der Waals surface area contributed by atoms with E-state index in [1.54, 1.807) is 12.3 Å². The summed E-state index contributed by atoms with van der Waals surface area (Å²) in [6, 6.07) is 1.89. The van der Waals surface area contributed by atoms with Gasteiger partial charge in [-0.1, -0.05) is 12.8 Å². The van der Waals surface area contributed by atoms with Crippen LogP contribution in [-0.4, -0.2) is 57.7 Å². The Kier molecular flexibility index (Phi) is 4.88. The lowest BCUT2D eigenvalue weighted by molar-refractivity contribution is 0.0209. The second-order valence-corrected chi connectivity index (χ2v) is 7.66. The number of hydrogen-bond acceptors (Lipinski definition) is 5. The molecule has 136 valence electrons. The van der Waals surface area contributed by atoms with Crippen molar-refractivity contribution in [3.8, 4) is 0 Å². The van der Waals surface area contributed by atoms with Gasteiger partial charge in [0.1, 0.15) is 5.69 Å². The minimum absolute atomic E-state index is 0.00289. The first-order chi connectivity index (χ1) is 12.2. The molecule has 2 saturated heterocycles. The second kappa shape index (κ2) is 7.28. The van der Waals surface area contributed by atoms with Gasteiger partial charge in [0.2, 0.25) is 5.95 Å². The SMILES string of the molecule is O=C(c1ccnc(N2CCCC2)n1)N1CCC[C@@H]1[C@H]1CCCC[C@H]1O. The molecule has 3 fully saturated rings. The maximum absolute atomic E-state index is 13.1.